The van der Waals surface area contributed by atoms with Crippen LogP contribution in [0.15, 0.2) is 60.9 Å². The maximum atomic E-state index is 12.7. The first-order chi connectivity index (χ1) is 13.5. The number of methoxy groups -OCH3 is 1. The molecule has 2 aromatic carbocycles. The first-order valence-electron chi connectivity index (χ1n) is 8.99. The molecule has 0 fully saturated rings. The molecule has 3 rings (SSSR count). The minimum absolute atomic E-state index is 0.227. The van der Waals surface area contributed by atoms with Crippen LogP contribution in [0.3, 0.4) is 0 Å². The molecule has 6 heteroatoms. The van der Waals surface area contributed by atoms with Crippen LogP contribution in [0.2, 0.25) is 5.02 Å². The van der Waals surface area contributed by atoms with E-state index in [1.165, 1.54) is 5.56 Å². The van der Waals surface area contributed by atoms with E-state index < -0.39 is 0 Å². The lowest BCUT2D eigenvalue weighted by Crippen LogP contribution is -2.23. The van der Waals surface area contributed by atoms with E-state index in [1.807, 2.05) is 55.3 Å². The van der Waals surface area contributed by atoms with Crippen LogP contribution in [0.25, 0.3) is 5.69 Å². The van der Waals surface area contributed by atoms with Crippen LogP contribution in [0, 0.1) is 0 Å². The molecule has 0 spiro atoms. The molecule has 0 radical (unpaired) electrons. The summed E-state index contributed by atoms with van der Waals surface area (Å²) in [6.45, 7) is 1.32. The molecule has 1 aromatic heterocycles. The molecule has 1 N–H and O–H groups in total. The van der Waals surface area contributed by atoms with Crippen LogP contribution >= 0.6 is 11.6 Å². The molecule has 5 nitrogen and oxygen atoms in total. The standard InChI is InChI=1S/C22H24ClN3O2/c1-25(2)15-17-8-6-16(7-9-17)14-24-22(27)18-12-19(23)20(13-21(18)28-3)26-10-4-5-11-26/h4-13H,14-15H2,1-3H3,(H,24,27). The summed E-state index contributed by atoms with van der Waals surface area (Å²) in [5.41, 5.74) is 3.43. The van der Waals surface area contributed by atoms with Gasteiger partial charge in [-0.3, -0.25) is 4.79 Å². The first-order valence-corrected chi connectivity index (χ1v) is 9.37. The zero-order valence-corrected chi connectivity index (χ0v) is 17.0. The molecule has 0 aliphatic heterocycles. The van der Waals surface area contributed by atoms with Crippen LogP contribution in [-0.4, -0.2) is 36.6 Å². The number of ether oxygens (including phenoxy) is 1. The molecule has 0 unspecified atom stereocenters. The van der Waals surface area contributed by atoms with Crippen molar-refractivity contribution in [2.24, 2.45) is 0 Å². The summed E-state index contributed by atoms with van der Waals surface area (Å²) < 4.78 is 7.30. The average Bonchev–Trinajstić information content (AvgIpc) is 3.21. The number of carbonyl (C=O) groups is 1. The number of carbonyl (C=O) groups excluding carboxylic acids is 1. The molecule has 28 heavy (non-hydrogen) atoms. The fraction of sp³-hybridized carbons (Fsp3) is 0.227. The minimum atomic E-state index is -0.227. The molecule has 0 aliphatic carbocycles. The number of benzene rings is 2. The predicted octanol–water partition coefficient (Wildman–Crippen LogP) is 4.13. The molecule has 1 amide bonds. The van der Waals surface area contributed by atoms with E-state index in [2.05, 4.69) is 22.3 Å². The van der Waals surface area contributed by atoms with Gasteiger partial charge in [-0.1, -0.05) is 35.9 Å². The van der Waals surface area contributed by atoms with Crippen LogP contribution < -0.4 is 10.1 Å². The highest BCUT2D eigenvalue weighted by atomic mass is 35.5. The normalized spacial score (nSPS) is 10.9. The number of rotatable bonds is 7. The number of hydrogen-bond donors (Lipinski definition) is 1. The van der Waals surface area contributed by atoms with Gasteiger partial charge >= 0.3 is 0 Å². The van der Waals surface area contributed by atoms with Crippen molar-refractivity contribution in [3.05, 3.63) is 82.6 Å². The van der Waals surface area contributed by atoms with Gasteiger partial charge in [0, 0.05) is 31.5 Å². The Morgan fingerprint density at radius 2 is 1.75 bits per heavy atom. The Morgan fingerprint density at radius 1 is 1.11 bits per heavy atom. The fourth-order valence-electron chi connectivity index (χ4n) is 2.99. The third-order valence-corrected chi connectivity index (χ3v) is 4.67. The second kappa shape index (κ2) is 8.95. The molecule has 0 saturated carbocycles. The van der Waals surface area contributed by atoms with E-state index in [1.54, 1.807) is 19.2 Å². The number of nitrogens with zero attached hydrogens (tertiary/aromatic N) is 2. The van der Waals surface area contributed by atoms with Crippen molar-refractivity contribution in [1.29, 1.82) is 0 Å². The SMILES string of the molecule is COc1cc(-n2cccc2)c(Cl)cc1C(=O)NCc1ccc(CN(C)C)cc1. The van der Waals surface area contributed by atoms with Crippen molar-refractivity contribution in [2.45, 2.75) is 13.1 Å². The van der Waals surface area contributed by atoms with E-state index in [4.69, 9.17) is 16.3 Å². The van der Waals surface area contributed by atoms with Crippen LogP contribution in [0.4, 0.5) is 0 Å². The Labute approximate surface area is 170 Å². The van der Waals surface area contributed by atoms with E-state index in [9.17, 15) is 4.79 Å². The second-order valence-corrected chi connectivity index (χ2v) is 7.24. The Morgan fingerprint density at radius 3 is 2.36 bits per heavy atom. The number of nitrogens with one attached hydrogen (secondary N) is 1. The Kier molecular flexibility index (Phi) is 6.39. The highest BCUT2D eigenvalue weighted by Gasteiger charge is 2.16. The number of amides is 1. The first kappa shape index (κ1) is 20.0. The lowest BCUT2D eigenvalue weighted by atomic mass is 10.1. The average molecular weight is 398 g/mol. The predicted molar refractivity (Wildman–Crippen MR) is 112 cm³/mol. The van der Waals surface area contributed by atoms with Gasteiger partial charge in [-0.25, -0.2) is 0 Å². The van der Waals surface area contributed by atoms with Gasteiger partial charge in [0.05, 0.1) is 23.4 Å². The third kappa shape index (κ3) is 4.74. The highest BCUT2D eigenvalue weighted by molar-refractivity contribution is 6.33. The van der Waals surface area contributed by atoms with Crippen LogP contribution in [0.5, 0.6) is 5.75 Å². The van der Waals surface area contributed by atoms with Crippen LogP contribution in [0.1, 0.15) is 21.5 Å². The topological polar surface area (TPSA) is 46.5 Å². The van der Waals surface area contributed by atoms with Crippen molar-refractivity contribution in [2.75, 3.05) is 21.2 Å². The Balaban J connectivity index is 1.72. The summed E-state index contributed by atoms with van der Waals surface area (Å²) in [7, 11) is 5.62. The zero-order valence-electron chi connectivity index (χ0n) is 16.3. The molecular weight excluding hydrogens is 374 g/mol. The number of aromatic nitrogens is 1. The monoisotopic (exact) mass is 397 g/mol. The van der Waals surface area contributed by atoms with E-state index in [0.717, 1.165) is 17.8 Å². The largest absolute Gasteiger partial charge is 0.496 e. The van der Waals surface area contributed by atoms with Crippen molar-refractivity contribution in [1.82, 2.24) is 14.8 Å². The van der Waals surface area contributed by atoms with E-state index in [-0.39, 0.29) is 5.91 Å². The molecule has 1 heterocycles. The number of halogens is 1. The zero-order chi connectivity index (χ0) is 20.1. The molecule has 0 saturated heterocycles. The summed E-state index contributed by atoms with van der Waals surface area (Å²) in [5, 5.41) is 3.42. The van der Waals surface area contributed by atoms with E-state index in [0.29, 0.717) is 22.9 Å². The smallest absolute Gasteiger partial charge is 0.255 e. The van der Waals surface area contributed by atoms with Gasteiger partial charge in [0.1, 0.15) is 5.75 Å². The number of hydrogen-bond acceptors (Lipinski definition) is 3. The molecule has 0 bridgehead atoms. The van der Waals surface area contributed by atoms with Gasteiger partial charge in [0.15, 0.2) is 0 Å². The summed E-state index contributed by atoms with van der Waals surface area (Å²) in [4.78, 5) is 14.8. The molecular formula is C22H24ClN3O2. The maximum Gasteiger partial charge on any atom is 0.255 e. The molecule has 0 atom stereocenters. The van der Waals surface area contributed by atoms with Gasteiger partial charge in [-0.15, -0.1) is 0 Å². The summed E-state index contributed by atoms with van der Waals surface area (Å²) in [5.74, 6) is 0.252. The maximum absolute atomic E-state index is 12.7. The van der Waals surface area contributed by atoms with Crippen LogP contribution in [-0.2, 0) is 13.1 Å². The fourth-order valence-corrected chi connectivity index (χ4v) is 3.25. The summed E-state index contributed by atoms with van der Waals surface area (Å²) >= 11 is 6.41. The second-order valence-electron chi connectivity index (χ2n) is 6.83. The van der Waals surface area contributed by atoms with Crippen molar-refractivity contribution < 1.29 is 9.53 Å². The van der Waals surface area contributed by atoms with Crippen molar-refractivity contribution in [3.63, 3.8) is 0 Å². The Bertz CT molecular complexity index is 935. The highest BCUT2D eigenvalue weighted by Crippen LogP contribution is 2.30. The summed E-state index contributed by atoms with van der Waals surface area (Å²) in [6.07, 6.45) is 3.78. The van der Waals surface area contributed by atoms with Gasteiger partial charge in [0.25, 0.3) is 5.91 Å². The van der Waals surface area contributed by atoms with Gasteiger partial charge in [-0.2, -0.15) is 0 Å². The quantitative estimate of drug-likeness (QED) is 0.652. The van der Waals surface area contributed by atoms with Crippen molar-refractivity contribution >= 4 is 17.5 Å². The molecule has 3 aromatic rings. The third-order valence-electron chi connectivity index (χ3n) is 4.37. The van der Waals surface area contributed by atoms with Gasteiger partial charge in [0.2, 0.25) is 0 Å². The van der Waals surface area contributed by atoms with Gasteiger partial charge < -0.3 is 19.5 Å². The van der Waals surface area contributed by atoms with Gasteiger partial charge in [-0.05, 0) is 43.4 Å². The molecule has 0 aliphatic rings. The lowest BCUT2D eigenvalue weighted by molar-refractivity contribution is 0.0948. The Hall–Kier alpha value is -2.76. The van der Waals surface area contributed by atoms with E-state index >= 15 is 0 Å². The minimum Gasteiger partial charge on any atom is -0.496 e. The molecule has 146 valence electrons. The lowest BCUT2D eigenvalue weighted by Gasteiger charge is -2.14. The summed E-state index contributed by atoms with van der Waals surface area (Å²) in [6, 6.07) is 15.4. The van der Waals surface area contributed by atoms with Crippen molar-refractivity contribution in [3.8, 4) is 11.4 Å².